The third kappa shape index (κ3) is 4.63. The molecule has 0 atom stereocenters. The van der Waals surface area contributed by atoms with Crippen molar-refractivity contribution in [2.75, 3.05) is 7.11 Å². The van der Waals surface area contributed by atoms with Crippen molar-refractivity contribution in [2.24, 2.45) is 5.41 Å². The molecule has 0 amide bonds. The average Bonchev–Trinajstić information content (AvgIpc) is 2.53. The molecule has 0 unspecified atom stereocenters. The van der Waals surface area contributed by atoms with Crippen molar-refractivity contribution in [3.8, 4) is 12.1 Å². The Labute approximate surface area is 124 Å². The number of benzene rings is 1. The number of allylic oxidation sites excluding steroid dienone is 3. The summed E-state index contributed by atoms with van der Waals surface area (Å²) in [6.07, 6.45) is 4.87. The van der Waals surface area contributed by atoms with E-state index in [-0.39, 0.29) is 0 Å². The van der Waals surface area contributed by atoms with Gasteiger partial charge in [0.15, 0.2) is 5.41 Å². The van der Waals surface area contributed by atoms with E-state index in [2.05, 4.69) is 4.74 Å². The van der Waals surface area contributed by atoms with E-state index < -0.39 is 11.4 Å². The second-order valence-corrected chi connectivity index (χ2v) is 4.56. The highest BCUT2D eigenvalue weighted by Crippen LogP contribution is 2.23. The third-order valence-electron chi connectivity index (χ3n) is 2.96. The van der Waals surface area contributed by atoms with Gasteiger partial charge in [0.25, 0.3) is 0 Å². The fourth-order valence-corrected chi connectivity index (χ4v) is 1.74. The van der Waals surface area contributed by atoms with Gasteiger partial charge in [-0.25, -0.2) is 4.79 Å². The first kappa shape index (κ1) is 16.2. The third-order valence-corrected chi connectivity index (χ3v) is 2.96. The van der Waals surface area contributed by atoms with E-state index in [1.165, 1.54) is 19.3 Å². The Balaban J connectivity index is 2.95. The van der Waals surface area contributed by atoms with Crippen molar-refractivity contribution in [1.82, 2.24) is 0 Å². The molecular formula is C17H16N2O2. The molecule has 0 radical (unpaired) electrons. The lowest BCUT2D eigenvalue weighted by atomic mass is 9.84. The minimum absolute atomic E-state index is 0.294. The largest absolute Gasteiger partial charge is 0.466 e. The molecule has 0 aliphatic rings. The van der Waals surface area contributed by atoms with E-state index in [0.29, 0.717) is 12.0 Å². The second-order valence-electron chi connectivity index (χ2n) is 4.56. The quantitative estimate of drug-likeness (QED) is 0.472. The van der Waals surface area contributed by atoms with Crippen molar-refractivity contribution in [3.05, 3.63) is 59.7 Å². The summed E-state index contributed by atoms with van der Waals surface area (Å²) >= 11 is 0. The zero-order valence-corrected chi connectivity index (χ0v) is 12.0. The van der Waals surface area contributed by atoms with Gasteiger partial charge in [-0.05, 0) is 18.6 Å². The summed E-state index contributed by atoms with van der Waals surface area (Å²) < 4.78 is 4.57. The van der Waals surface area contributed by atoms with Crippen LogP contribution in [0.15, 0.2) is 54.1 Å². The van der Waals surface area contributed by atoms with E-state index in [0.717, 1.165) is 5.56 Å². The normalized spacial score (nSPS) is 11.7. The number of nitrogens with zero attached hydrogens (tertiary/aromatic N) is 2. The van der Waals surface area contributed by atoms with Crippen molar-refractivity contribution < 1.29 is 9.53 Å². The molecule has 0 spiro atoms. The zero-order valence-electron chi connectivity index (χ0n) is 12.0. The number of ether oxygens (including phenoxy) is 1. The monoisotopic (exact) mass is 280 g/mol. The van der Waals surface area contributed by atoms with Gasteiger partial charge in [0.1, 0.15) is 0 Å². The summed E-state index contributed by atoms with van der Waals surface area (Å²) in [4.78, 5) is 11.2. The Morgan fingerprint density at radius 2 is 1.90 bits per heavy atom. The van der Waals surface area contributed by atoms with Crippen LogP contribution < -0.4 is 0 Å². The van der Waals surface area contributed by atoms with Crippen LogP contribution in [0.5, 0.6) is 0 Å². The minimum atomic E-state index is -1.26. The Kier molecular flexibility index (Phi) is 5.92. The summed E-state index contributed by atoms with van der Waals surface area (Å²) in [7, 11) is 1.30. The summed E-state index contributed by atoms with van der Waals surface area (Å²) in [6, 6.07) is 13.4. The predicted molar refractivity (Wildman–Crippen MR) is 78.7 cm³/mol. The van der Waals surface area contributed by atoms with Crippen LogP contribution in [-0.4, -0.2) is 13.1 Å². The number of hydrogen-bond acceptors (Lipinski definition) is 4. The molecule has 1 rings (SSSR count). The smallest absolute Gasteiger partial charge is 0.333 e. The lowest BCUT2D eigenvalue weighted by molar-refractivity contribution is -0.136. The molecule has 1 aromatic rings. The van der Waals surface area contributed by atoms with Crippen molar-refractivity contribution in [1.29, 1.82) is 10.5 Å². The summed E-state index contributed by atoms with van der Waals surface area (Å²) in [6.45, 7) is 1.60. The summed E-state index contributed by atoms with van der Waals surface area (Å²) in [5.41, 5.74) is 0.0472. The Bertz CT molecular complexity index is 617. The summed E-state index contributed by atoms with van der Waals surface area (Å²) in [5.74, 6) is -0.442. The maximum absolute atomic E-state index is 11.2. The zero-order chi connectivity index (χ0) is 15.7. The first-order valence-electron chi connectivity index (χ1n) is 6.38. The molecule has 4 heteroatoms. The van der Waals surface area contributed by atoms with E-state index in [1.54, 1.807) is 13.0 Å². The van der Waals surface area contributed by atoms with Gasteiger partial charge in [-0.2, -0.15) is 10.5 Å². The maximum atomic E-state index is 11.2. The van der Waals surface area contributed by atoms with Gasteiger partial charge in [-0.3, -0.25) is 0 Å². The molecule has 1 aromatic carbocycles. The van der Waals surface area contributed by atoms with Gasteiger partial charge in [0.2, 0.25) is 0 Å². The van der Waals surface area contributed by atoms with Gasteiger partial charge in [-0.15, -0.1) is 0 Å². The summed E-state index contributed by atoms with van der Waals surface area (Å²) in [5, 5.41) is 18.6. The standard InChI is InChI=1S/C17H16N2O2/c1-14(16(20)21-2)7-6-10-17(12-18,13-19)11-15-8-4-3-5-9-15/h3-10H,11H2,1-2H3/b10-6+,14-7-. The van der Waals surface area contributed by atoms with Crippen LogP contribution in [-0.2, 0) is 16.0 Å². The van der Waals surface area contributed by atoms with Gasteiger partial charge in [0.05, 0.1) is 19.2 Å². The molecule has 21 heavy (non-hydrogen) atoms. The molecule has 0 heterocycles. The van der Waals surface area contributed by atoms with Crippen LogP contribution in [0.25, 0.3) is 0 Å². The Morgan fingerprint density at radius 1 is 1.29 bits per heavy atom. The number of rotatable bonds is 5. The van der Waals surface area contributed by atoms with E-state index >= 15 is 0 Å². The van der Waals surface area contributed by atoms with Crippen molar-refractivity contribution in [2.45, 2.75) is 13.3 Å². The van der Waals surface area contributed by atoms with Crippen molar-refractivity contribution in [3.63, 3.8) is 0 Å². The SMILES string of the molecule is COC(=O)/C(C)=C\C=C\C(C#N)(C#N)Cc1ccccc1. The maximum Gasteiger partial charge on any atom is 0.333 e. The molecule has 4 nitrogen and oxygen atoms in total. The lowest BCUT2D eigenvalue weighted by Crippen LogP contribution is -2.16. The number of esters is 1. The van der Waals surface area contributed by atoms with E-state index in [9.17, 15) is 15.3 Å². The number of carbonyl (C=O) groups excluding carboxylic acids is 1. The molecule has 0 bridgehead atoms. The van der Waals surface area contributed by atoms with Crippen LogP contribution in [0.1, 0.15) is 12.5 Å². The molecule has 0 saturated heterocycles. The lowest BCUT2D eigenvalue weighted by Gasteiger charge is -2.13. The topological polar surface area (TPSA) is 73.9 Å². The van der Waals surface area contributed by atoms with Crippen LogP contribution in [0.4, 0.5) is 0 Å². The molecule has 0 N–H and O–H groups in total. The molecular weight excluding hydrogens is 264 g/mol. The number of hydrogen-bond donors (Lipinski definition) is 0. The molecule has 0 fully saturated rings. The molecule has 0 aliphatic heterocycles. The first-order chi connectivity index (χ1) is 10.1. The highest BCUT2D eigenvalue weighted by atomic mass is 16.5. The Hall–Kier alpha value is -2.85. The molecule has 0 aromatic heterocycles. The fourth-order valence-electron chi connectivity index (χ4n) is 1.74. The highest BCUT2D eigenvalue weighted by Gasteiger charge is 2.26. The average molecular weight is 280 g/mol. The van der Waals surface area contributed by atoms with Gasteiger partial charge < -0.3 is 4.74 Å². The van der Waals surface area contributed by atoms with Crippen LogP contribution in [0.2, 0.25) is 0 Å². The number of methoxy groups -OCH3 is 1. The van der Waals surface area contributed by atoms with Crippen molar-refractivity contribution >= 4 is 5.97 Å². The molecule has 106 valence electrons. The number of nitriles is 2. The predicted octanol–water partition coefficient (Wildman–Crippen LogP) is 2.94. The minimum Gasteiger partial charge on any atom is -0.466 e. The second kappa shape index (κ2) is 7.67. The van der Waals surface area contributed by atoms with Gasteiger partial charge >= 0.3 is 5.97 Å². The van der Waals surface area contributed by atoms with Crippen LogP contribution >= 0.6 is 0 Å². The van der Waals surface area contributed by atoms with E-state index in [1.807, 2.05) is 42.5 Å². The van der Waals surface area contributed by atoms with Crippen LogP contribution in [0, 0.1) is 28.1 Å². The van der Waals surface area contributed by atoms with Gasteiger partial charge in [-0.1, -0.05) is 42.5 Å². The number of carbonyl (C=O) groups is 1. The van der Waals surface area contributed by atoms with Crippen LogP contribution in [0.3, 0.4) is 0 Å². The first-order valence-corrected chi connectivity index (χ1v) is 6.38. The molecule has 0 aliphatic carbocycles. The van der Waals surface area contributed by atoms with Gasteiger partial charge in [0, 0.05) is 12.0 Å². The Morgan fingerprint density at radius 3 is 2.43 bits per heavy atom. The molecule has 0 saturated carbocycles. The highest BCUT2D eigenvalue weighted by molar-refractivity contribution is 5.87. The fraction of sp³-hybridized carbons (Fsp3) is 0.235. The van der Waals surface area contributed by atoms with E-state index in [4.69, 9.17) is 0 Å².